The Morgan fingerprint density at radius 3 is 2.41 bits per heavy atom. The molecular formula is C17H31NO4. The molecule has 1 saturated heterocycles. The molecule has 5 heteroatoms. The number of carbonyl (C=O) groups excluding carboxylic acids is 1. The van der Waals surface area contributed by atoms with Crippen LogP contribution in [0.3, 0.4) is 0 Å². The molecule has 5 nitrogen and oxygen atoms in total. The third-order valence-corrected chi connectivity index (χ3v) is 4.60. The Labute approximate surface area is 134 Å². The standard InChI is InChI=1S/C17H31NO4/c1-17(2,3)22-16(20)18-8-7-14(9-15(18)10-19)12-21-11-13-5-4-6-13/h13-15,19H,4-12H2,1-3H3. The molecule has 1 amide bonds. The fourth-order valence-corrected chi connectivity index (χ4v) is 3.08. The first-order valence-corrected chi connectivity index (χ1v) is 8.57. The quantitative estimate of drug-likeness (QED) is 0.848. The number of hydrogen-bond acceptors (Lipinski definition) is 4. The smallest absolute Gasteiger partial charge is 0.410 e. The van der Waals surface area contributed by atoms with Gasteiger partial charge in [0, 0.05) is 19.8 Å². The molecule has 2 rings (SSSR count). The highest BCUT2D eigenvalue weighted by Gasteiger charge is 2.34. The molecule has 2 aliphatic rings. The van der Waals surface area contributed by atoms with Crippen LogP contribution in [-0.4, -0.2) is 54.1 Å². The first-order chi connectivity index (χ1) is 10.4. The summed E-state index contributed by atoms with van der Waals surface area (Å²) < 4.78 is 11.3. The molecule has 0 bridgehead atoms. The Hall–Kier alpha value is -0.810. The number of likely N-dealkylation sites (tertiary alicyclic amines) is 1. The van der Waals surface area contributed by atoms with Crippen LogP contribution >= 0.6 is 0 Å². The number of ether oxygens (including phenoxy) is 2. The second-order valence-corrected chi connectivity index (χ2v) is 7.73. The number of nitrogens with zero attached hydrogens (tertiary/aromatic N) is 1. The molecule has 1 aliphatic heterocycles. The molecule has 0 aromatic carbocycles. The summed E-state index contributed by atoms with van der Waals surface area (Å²) >= 11 is 0. The third kappa shape index (κ3) is 5.13. The van der Waals surface area contributed by atoms with Crippen LogP contribution < -0.4 is 0 Å². The van der Waals surface area contributed by atoms with Crippen LogP contribution in [0.5, 0.6) is 0 Å². The van der Waals surface area contributed by atoms with Crippen molar-refractivity contribution in [2.75, 3.05) is 26.4 Å². The van der Waals surface area contributed by atoms with Crippen molar-refractivity contribution in [3.05, 3.63) is 0 Å². The molecule has 22 heavy (non-hydrogen) atoms. The predicted molar refractivity (Wildman–Crippen MR) is 84.7 cm³/mol. The third-order valence-electron chi connectivity index (χ3n) is 4.60. The monoisotopic (exact) mass is 313 g/mol. The summed E-state index contributed by atoms with van der Waals surface area (Å²) in [6.45, 7) is 7.82. The maximum Gasteiger partial charge on any atom is 0.410 e. The molecule has 0 aromatic heterocycles. The van der Waals surface area contributed by atoms with Gasteiger partial charge in [0.15, 0.2) is 0 Å². The van der Waals surface area contributed by atoms with Crippen LogP contribution in [0.25, 0.3) is 0 Å². The van der Waals surface area contributed by atoms with Gasteiger partial charge in [0.2, 0.25) is 0 Å². The normalized spacial score (nSPS) is 26.6. The van der Waals surface area contributed by atoms with Crippen molar-refractivity contribution in [1.82, 2.24) is 4.90 Å². The molecule has 1 saturated carbocycles. The van der Waals surface area contributed by atoms with E-state index in [4.69, 9.17) is 9.47 Å². The van der Waals surface area contributed by atoms with Gasteiger partial charge in [-0.3, -0.25) is 0 Å². The SMILES string of the molecule is CC(C)(C)OC(=O)N1CCC(COCC2CCC2)CC1CO. The second kappa shape index (κ2) is 7.64. The number of piperidine rings is 1. The van der Waals surface area contributed by atoms with E-state index in [-0.39, 0.29) is 18.7 Å². The Morgan fingerprint density at radius 2 is 1.86 bits per heavy atom. The first kappa shape index (κ1) is 17.5. The second-order valence-electron chi connectivity index (χ2n) is 7.73. The van der Waals surface area contributed by atoms with E-state index in [1.165, 1.54) is 19.3 Å². The van der Waals surface area contributed by atoms with Crippen LogP contribution in [-0.2, 0) is 9.47 Å². The van der Waals surface area contributed by atoms with E-state index >= 15 is 0 Å². The van der Waals surface area contributed by atoms with E-state index in [0.717, 1.165) is 32.0 Å². The summed E-state index contributed by atoms with van der Waals surface area (Å²) in [7, 11) is 0. The van der Waals surface area contributed by atoms with E-state index in [0.29, 0.717) is 12.5 Å². The summed E-state index contributed by atoms with van der Waals surface area (Å²) in [6, 6.07) is -0.152. The highest BCUT2D eigenvalue weighted by Crippen LogP contribution is 2.28. The first-order valence-electron chi connectivity index (χ1n) is 8.57. The molecule has 0 spiro atoms. The zero-order valence-corrected chi connectivity index (χ0v) is 14.2. The fourth-order valence-electron chi connectivity index (χ4n) is 3.08. The number of aliphatic hydroxyl groups excluding tert-OH is 1. The van der Waals surface area contributed by atoms with Gasteiger partial charge < -0.3 is 19.5 Å². The molecule has 128 valence electrons. The van der Waals surface area contributed by atoms with Crippen molar-refractivity contribution in [2.24, 2.45) is 11.8 Å². The van der Waals surface area contributed by atoms with Gasteiger partial charge in [-0.15, -0.1) is 0 Å². The fraction of sp³-hybridized carbons (Fsp3) is 0.941. The Kier molecular flexibility index (Phi) is 6.09. The Balaban J connectivity index is 1.76. The lowest BCUT2D eigenvalue weighted by atomic mass is 9.86. The predicted octanol–water partition coefficient (Wildman–Crippen LogP) is 2.81. The summed E-state index contributed by atoms with van der Waals surface area (Å²) in [5.74, 6) is 1.19. The highest BCUT2D eigenvalue weighted by molar-refractivity contribution is 5.68. The van der Waals surface area contributed by atoms with Crippen molar-refractivity contribution < 1.29 is 19.4 Å². The van der Waals surface area contributed by atoms with E-state index < -0.39 is 5.60 Å². The van der Waals surface area contributed by atoms with Crippen LogP contribution in [0.1, 0.15) is 52.9 Å². The summed E-state index contributed by atoms with van der Waals surface area (Å²) in [5, 5.41) is 9.60. The number of hydrogen-bond donors (Lipinski definition) is 1. The topological polar surface area (TPSA) is 59.0 Å². The van der Waals surface area contributed by atoms with Crippen molar-refractivity contribution in [1.29, 1.82) is 0 Å². The van der Waals surface area contributed by atoms with Crippen molar-refractivity contribution >= 4 is 6.09 Å². The van der Waals surface area contributed by atoms with Crippen LogP contribution in [0, 0.1) is 11.8 Å². The minimum Gasteiger partial charge on any atom is -0.444 e. The zero-order valence-electron chi connectivity index (χ0n) is 14.2. The maximum atomic E-state index is 12.2. The zero-order chi connectivity index (χ0) is 16.2. The van der Waals surface area contributed by atoms with Crippen molar-refractivity contribution in [2.45, 2.75) is 64.5 Å². The van der Waals surface area contributed by atoms with Crippen LogP contribution in [0.2, 0.25) is 0 Å². The largest absolute Gasteiger partial charge is 0.444 e. The van der Waals surface area contributed by atoms with Gasteiger partial charge in [-0.25, -0.2) is 4.79 Å². The van der Waals surface area contributed by atoms with E-state index in [1.807, 2.05) is 20.8 Å². The van der Waals surface area contributed by atoms with Gasteiger partial charge in [-0.1, -0.05) is 6.42 Å². The highest BCUT2D eigenvalue weighted by atomic mass is 16.6. The van der Waals surface area contributed by atoms with Crippen molar-refractivity contribution in [3.63, 3.8) is 0 Å². The molecule has 2 atom stereocenters. The molecule has 2 fully saturated rings. The average Bonchev–Trinajstić information content (AvgIpc) is 2.39. The van der Waals surface area contributed by atoms with Gasteiger partial charge in [0.05, 0.1) is 12.6 Å². The molecule has 2 unspecified atom stereocenters. The summed E-state index contributed by atoms with van der Waals surface area (Å²) in [6.07, 6.45) is 5.34. The van der Waals surface area contributed by atoms with Gasteiger partial charge in [0.25, 0.3) is 0 Å². The molecule has 0 aromatic rings. The minimum absolute atomic E-state index is 0.0155. The lowest BCUT2D eigenvalue weighted by Crippen LogP contribution is -2.50. The average molecular weight is 313 g/mol. The number of amides is 1. The van der Waals surface area contributed by atoms with Crippen LogP contribution in [0.4, 0.5) is 4.79 Å². The maximum absolute atomic E-state index is 12.2. The van der Waals surface area contributed by atoms with E-state index in [9.17, 15) is 9.90 Å². The van der Waals surface area contributed by atoms with E-state index in [1.54, 1.807) is 4.90 Å². The lowest BCUT2D eigenvalue weighted by Gasteiger charge is -2.39. The van der Waals surface area contributed by atoms with Gasteiger partial charge in [-0.05, 0) is 58.3 Å². The summed E-state index contributed by atoms with van der Waals surface area (Å²) in [4.78, 5) is 13.9. The van der Waals surface area contributed by atoms with Crippen LogP contribution in [0.15, 0.2) is 0 Å². The number of carbonyl (C=O) groups is 1. The van der Waals surface area contributed by atoms with Gasteiger partial charge in [-0.2, -0.15) is 0 Å². The minimum atomic E-state index is -0.500. The Bertz CT molecular complexity index is 362. The van der Waals surface area contributed by atoms with Gasteiger partial charge >= 0.3 is 6.09 Å². The Morgan fingerprint density at radius 1 is 1.18 bits per heavy atom. The molecule has 1 aliphatic carbocycles. The number of rotatable bonds is 5. The molecular weight excluding hydrogens is 282 g/mol. The number of aliphatic hydroxyl groups is 1. The molecule has 1 heterocycles. The summed E-state index contributed by atoms with van der Waals surface area (Å²) in [5.41, 5.74) is -0.500. The molecule has 1 N–H and O–H groups in total. The van der Waals surface area contributed by atoms with E-state index in [2.05, 4.69) is 0 Å². The lowest BCUT2D eigenvalue weighted by molar-refractivity contribution is -0.0191. The van der Waals surface area contributed by atoms with Crippen molar-refractivity contribution in [3.8, 4) is 0 Å². The van der Waals surface area contributed by atoms with Gasteiger partial charge in [0.1, 0.15) is 5.60 Å². The molecule has 0 radical (unpaired) electrons.